The molecular weight excluding hydrogens is 412 g/mol. The predicted molar refractivity (Wildman–Crippen MR) is 118 cm³/mol. The second-order valence-electron chi connectivity index (χ2n) is 8.25. The molecule has 1 aromatic carbocycles. The van der Waals surface area contributed by atoms with Crippen LogP contribution < -0.4 is 5.43 Å². The van der Waals surface area contributed by atoms with Crippen molar-refractivity contribution < 1.29 is 18.9 Å². The number of furan rings is 1. The molecule has 2 amide bonds. The molecule has 9 nitrogen and oxygen atoms in total. The number of hydrogen-bond donors (Lipinski definition) is 1. The number of rotatable bonds is 5. The van der Waals surface area contributed by atoms with Gasteiger partial charge in [-0.3, -0.25) is 19.7 Å². The Hall–Kier alpha value is -3.49. The molecule has 0 atom stereocenters. The maximum absolute atomic E-state index is 13.0. The second kappa shape index (κ2) is 9.33. The molecular formula is C23H26N4O5. The van der Waals surface area contributed by atoms with Crippen molar-refractivity contribution in [3.63, 3.8) is 0 Å². The van der Waals surface area contributed by atoms with Crippen LogP contribution in [0.2, 0.25) is 0 Å². The topological polar surface area (TPSA) is 118 Å². The Bertz CT molecular complexity index is 1060. The van der Waals surface area contributed by atoms with Gasteiger partial charge in [0.05, 0.1) is 17.1 Å². The number of benzene rings is 1. The van der Waals surface area contributed by atoms with Crippen LogP contribution in [0.1, 0.15) is 65.1 Å². The molecule has 1 aliphatic carbocycles. The molecule has 1 saturated heterocycles. The summed E-state index contributed by atoms with van der Waals surface area (Å²) < 4.78 is 5.98. The smallest absolute Gasteiger partial charge is 0.289 e. The summed E-state index contributed by atoms with van der Waals surface area (Å²) >= 11 is 0. The summed E-state index contributed by atoms with van der Waals surface area (Å²) in [6.45, 7) is 3.38. The van der Waals surface area contributed by atoms with E-state index in [9.17, 15) is 19.7 Å². The molecule has 0 unspecified atom stereocenters. The first-order valence-electron chi connectivity index (χ1n) is 10.9. The summed E-state index contributed by atoms with van der Waals surface area (Å²) in [5, 5.41) is 15.1. The number of aryl methyl sites for hydroxylation is 1. The van der Waals surface area contributed by atoms with E-state index in [1.807, 2.05) is 11.8 Å². The number of carbonyl (C=O) groups excluding carboxylic acids is 2. The van der Waals surface area contributed by atoms with Crippen LogP contribution in [0.3, 0.4) is 0 Å². The number of nitrogens with zero attached hydrogens (tertiary/aromatic N) is 3. The Kier molecular flexibility index (Phi) is 6.34. The Labute approximate surface area is 185 Å². The minimum absolute atomic E-state index is 0.0190. The van der Waals surface area contributed by atoms with Gasteiger partial charge in [0.2, 0.25) is 5.91 Å². The lowest BCUT2D eigenvalue weighted by Crippen LogP contribution is -2.35. The third-order valence-corrected chi connectivity index (χ3v) is 5.99. The molecule has 2 heterocycles. The van der Waals surface area contributed by atoms with Gasteiger partial charge < -0.3 is 9.32 Å². The molecule has 32 heavy (non-hydrogen) atoms. The fraction of sp³-hybridized carbons (Fsp3) is 0.435. The average molecular weight is 438 g/mol. The summed E-state index contributed by atoms with van der Waals surface area (Å²) in [5.41, 5.74) is 5.54. The van der Waals surface area contributed by atoms with Gasteiger partial charge in [0.1, 0.15) is 5.76 Å². The Morgan fingerprint density at radius 1 is 1.12 bits per heavy atom. The maximum Gasteiger partial charge on any atom is 0.289 e. The molecule has 9 heteroatoms. The standard InChI is InChI=1S/C23H26N4O5/c1-15-21-18(24-25-20(28)14-16-8-10-17(11-9-16)27(30)31)6-5-7-19(21)32-22(15)23(29)26-12-3-2-4-13-26/h8-11H,2-7,12-14H2,1H3,(H,25,28)/b24-18+. The van der Waals surface area contributed by atoms with E-state index in [-0.39, 0.29) is 23.9 Å². The van der Waals surface area contributed by atoms with Crippen molar-refractivity contribution in [2.45, 2.75) is 51.9 Å². The number of nitro benzene ring substituents is 1. The predicted octanol–water partition coefficient (Wildman–Crippen LogP) is 3.52. The Morgan fingerprint density at radius 3 is 2.53 bits per heavy atom. The van der Waals surface area contributed by atoms with Crippen LogP contribution >= 0.6 is 0 Å². The summed E-state index contributed by atoms with van der Waals surface area (Å²) in [4.78, 5) is 37.4. The van der Waals surface area contributed by atoms with Gasteiger partial charge in [-0.2, -0.15) is 5.10 Å². The number of amides is 2. The fourth-order valence-corrected chi connectivity index (χ4v) is 4.31. The van der Waals surface area contributed by atoms with E-state index in [0.717, 1.165) is 62.1 Å². The third kappa shape index (κ3) is 4.56. The van der Waals surface area contributed by atoms with Crippen LogP contribution in [0, 0.1) is 17.0 Å². The van der Waals surface area contributed by atoms with Gasteiger partial charge in [-0.15, -0.1) is 0 Å². The van der Waals surface area contributed by atoms with Crippen molar-refractivity contribution in [3.8, 4) is 0 Å². The van der Waals surface area contributed by atoms with Gasteiger partial charge in [0, 0.05) is 42.8 Å². The number of carbonyl (C=O) groups is 2. The van der Waals surface area contributed by atoms with Crippen LogP contribution in [-0.4, -0.2) is 40.4 Å². The number of piperidine rings is 1. The zero-order valence-corrected chi connectivity index (χ0v) is 18.1. The molecule has 1 aliphatic heterocycles. The highest BCUT2D eigenvalue weighted by Gasteiger charge is 2.30. The Morgan fingerprint density at radius 2 is 1.84 bits per heavy atom. The Balaban J connectivity index is 1.47. The molecule has 0 saturated carbocycles. The molecule has 2 aliphatic rings. The van der Waals surface area contributed by atoms with Gasteiger partial charge in [-0.25, -0.2) is 5.43 Å². The van der Waals surface area contributed by atoms with Gasteiger partial charge in [-0.1, -0.05) is 12.1 Å². The van der Waals surface area contributed by atoms with E-state index in [1.165, 1.54) is 12.1 Å². The van der Waals surface area contributed by atoms with Crippen molar-refractivity contribution in [2.24, 2.45) is 5.10 Å². The lowest BCUT2D eigenvalue weighted by atomic mass is 9.93. The van der Waals surface area contributed by atoms with Crippen molar-refractivity contribution >= 4 is 23.2 Å². The third-order valence-electron chi connectivity index (χ3n) is 5.99. The highest BCUT2D eigenvalue weighted by Crippen LogP contribution is 2.31. The van der Waals surface area contributed by atoms with Gasteiger partial charge in [0.15, 0.2) is 5.76 Å². The second-order valence-corrected chi connectivity index (χ2v) is 8.25. The van der Waals surface area contributed by atoms with Crippen molar-refractivity contribution in [3.05, 3.63) is 62.6 Å². The van der Waals surface area contributed by atoms with Crippen LogP contribution in [0.4, 0.5) is 5.69 Å². The molecule has 0 spiro atoms. The number of fused-ring (bicyclic) bond motifs is 1. The number of nitrogens with one attached hydrogen (secondary N) is 1. The lowest BCUT2D eigenvalue weighted by Gasteiger charge is -2.25. The number of likely N-dealkylation sites (tertiary alicyclic amines) is 1. The van der Waals surface area contributed by atoms with E-state index < -0.39 is 4.92 Å². The van der Waals surface area contributed by atoms with Crippen molar-refractivity contribution in [1.29, 1.82) is 0 Å². The molecule has 168 valence electrons. The van der Waals surface area contributed by atoms with E-state index in [1.54, 1.807) is 12.1 Å². The molecule has 1 N–H and O–H groups in total. The van der Waals surface area contributed by atoms with Gasteiger partial charge in [-0.05, 0) is 44.6 Å². The maximum atomic E-state index is 13.0. The van der Waals surface area contributed by atoms with Crippen LogP contribution in [0.25, 0.3) is 0 Å². The number of hydrogen-bond acceptors (Lipinski definition) is 6. The minimum Gasteiger partial charge on any atom is -0.455 e. The van der Waals surface area contributed by atoms with E-state index in [4.69, 9.17) is 4.42 Å². The number of non-ortho nitro benzene ring substituents is 1. The summed E-state index contributed by atoms with van der Waals surface area (Å²) in [6.07, 6.45) is 5.48. The molecule has 0 bridgehead atoms. The molecule has 1 fully saturated rings. The normalized spacial score (nSPS) is 17.2. The van der Waals surface area contributed by atoms with Gasteiger partial charge in [0.25, 0.3) is 11.6 Å². The van der Waals surface area contributed by atoms with Crippen LogP contribution in [-0.2, 0) is 17.6 Å². The summed E-state index contributed by atoms with van der Waals surface area (Å²) in [5.74, 6) is 0.739. The monoisotopic (exact) mass is 438 g/mol. The van der Waals surface area contributed by atoms with Gasteiger partial charge >= 0.3 is 0 Å². The first-order chi connectivity index (χ1) is 15.4. The minimum atomic E-state index is -0.478. The fourth-order valence-electron chi connectivity index (χ4n) is 4.31. The van der Waals surface area contributed by atoms with E-state index in [0.29, 0.717) is 23.5 Å². The highest BCUT2D eigenvalue weighted by molar-refractivity contribution is 6.06. The summed E-state index contributed by atoms with van der Waals surface area (Å²) in [7, 11) is 0. The summed E-state index contributed by atoms with van der Waals surface area (Å²) in [6, 6.07) is 5.86. The number of hydrazone groups is 1. The van der Waals surface area contributed by atoms with Crippen LogP contribution in [0.5, 0.6) is 0 Å². The van der Waals surface area contributed by atoms with Crippen molar-refractivity contribution in [1.82, 2.24) is 10.3 Å². The number of nitro groups is 1. The molecule has 4 rings (SSSR count). The molecule has 1 aromatic heterocycles. The SMILES string of the molecule is Cc1c(C(=O)N2CCCCC2)oc2c1/C(=N/NC(=O)Cc1ccc([N+](=O)[O-])cc1)CCC2. The zero-order chi connectivity index (χ0) is 22.7. The largest absolute Gasteiger partial charge is 0.455 e. The van der Waals surface area contributed by atoms with Crippen molar-refractivity contribution in [2.75, 3.05) is 13.1 Å². The average Bonchev–Trinajstić information content (AvgIpc) is 3.15. The zero-order valence-electron chi connectivity index (χ0n) is 18.1. The highest BCUT2D eigenvalue weighted by atomic mass is 16.6. The molecule has 0 radical (unpaired) electrons. The first-order valence-corrected chi connectivity index (χ1v) is 10.9. The van der Waals surface area contributed by atoms with E-state index in [2.05, 4.69) is 10.5 Å². The first kappa shape index (κ1) is 21.7. The molecule has 2 aromatic rings. The van der Waals surface area contributed by atoms with E-state index >= 15 is 0 Å². The quantitative estimate of drug-likeness (QED) is 0.566. The lowest BCUT2D eigenvalue weighted by molar-refractivity contribution is -0.384. The van der Waals surface area contributed by atoms with Crippen LogP contribution in [0.15, 0.2) is 33.8 Å².